The average molecular weight is 253 g/mol. The van der Waals surface area contributed by atoms with Gasteiger partial charge in [-0.25, -0.2) is 0 Å². The molecule has 3 nitrogen and oxygen atoms in total. The Labute approximate surface area is 111 Å². The number of aliphatic hydroxyl groups excluding tert-OH is 1. The van der Waals surface area contributed by atoms with E-state index in [9.17, 15) is 5.11 Å². The van der Waals surface area contributed by atoms with Crippen molar-refractivity contribution in [2.45, 2.75) is 6.10 Å². The lowest BCUT2D eigenvalue weighted by atomic mass is 9.98. The molecule has 1 aromatic heterocycles. The molecule has 3 aromatic rings. The molecule has 3 rings (SSSR count). The highest BCUT2D eigenvalue weighted by Gasteiger charge is 2.17. The summed E-state index contributed by atoms with van der Waals surface area (Å²) in [6.45, 7) is 0. The number of benzene rings is 2. The molecule has 3 heteroatoms. The van der Waals surface area contributed by atoms with Crippen LogP contribution in [0.1, 0.15) is 17.2 Å². The molecule has 0 bridgehead atoms. The lowest BCUT2D eigenvalue weighted by molar-refractivity contribution is 0.216. The van der Waals surface area contributed by atoms with Crippen LogP contribution >= 0.6 is 0 Å². The predicted octanol–water partition coefficient (Wildman–Crippen LogP) is 3.26. The summed E-state index contributed by atoms with van der Waals surface area (Å²) in [6, 6.07) is 15.4. The van der Waals surface area contributed by atoms with Crippen LogP contribution in [0.5, 0.6) is 5.75 Å². The van der Waals surface area contributed by atoms with Gasteiger partial charge >= 0.3 is 0 Å². The fourth-order valence-corrected chi connectivity index (χ4v) is 2.41. The topological polar surface area (TPSA) is 45.2 Å². The molecule has 0 radical (unpaired) electrons. The fraction of sp³-hybridized carbons (Fsp3) is 0.125. The summed E-state index contributed by atoms with van der Waals surface area (Å²) < 4.78 is 5.31. The highest BCUT2D eigenvalue weighted by Crippen LogP contribution is 2.33. The quantitative estimate of drug-likeness (QED) is 0.752. The maximum Gasteiger partial charge on any atom is 0.125 e. The summed E-state index contributed by atoms with van der Waals surface area (Å²) in [5.41, 5.74) is 2.67. The van der Waals surface area contributed by atoms with Gasteiger partial charge in [-0.05, 0) is 23.8 Å². The van der Waals surface area contributed by atoms with Gasteiger partial charge in [0.1, 0.15) is 11.9 Å². The minimum absolute atomic E-state index is 0.697. The molecule has 0 aliphatic carbocycles. The van der Waals surface area contributed by atoms with Crippen molar-refractivity contribution in [1.29, 1.82) is 0 Å². The first-order valence-corrected chi connectivity index (χ1v) is 6.18. The maximum atomic E-state index is 10.6. The first kappa shape index (κ1) is 11.8. The van der Waals surface area contributed by atoms with Gasteiger partial charge in [-0.1, -0.05) is 30.3 Å². The summed E-state index contributed by atoms with van der Waals surface area (Å²) in [5.74, 6) is 0.697. The van der Waals surface area contributed by atoms with Crippen molar-refractivity contribution in [3.63, 3.8) is 0 Å². The summed E-state index contributed by atoms with van der Waals surface area (Å²) in [4.78, 5) is 3.15. The molecule has 0 saturated carbocycles. The van der Waals surface area contributed by atoms with Crippen LogP contribution in [0, 0.1) is 0 Å². The van der Waals surface area contributed by atoms with Crippen LogP contribution < -0.4 is 4.74 Å². The molecule has 0 spiro atoms. The number of ether oxygens (including phenoxy) is 1. The number of H-pyrrole nitrogens is 1. The van der Waals surface area contributed by atoms with Crippen LogP contribution in [0.15, 0.2) is 54.7 Å². The van der Waals surface area contributed by atoms with E-state index in [-0.39, 0.29) is 0 Å². The lowest BCUT2D eigenvalue weighted by Gasteiger charge is -2.15. The Morgan fingerprint density at radius 1 is 1.00 bits per heavy atom. The highest BCUT2D eigenvalue weighted by molar-refractivity contribution is 5.83. The Morgan fingerprint density at radius 2 is 1.79 bits per heavy atom. The Balaban J connectivity index is 2.13. The number of aromatic amines is 1. The van der Waals surface area contributed by atoms with E-state index >= 15 is 0 Å². The summed E-state index contributed by atoms with van der Waals surface area (Å²) in [6.07, 6.45) is 1.18. The average Bonchev–Trinajstić information content (AvgIpc) is 2.94. The van der Waals surface area contributed by atoms with E-state index in [1.54, 1.807) is 7.11 Å². The van der Waals surface area contributed by atoms with Crippen LogP contribution in [-0.4, -0.2) is 17.2 Å². The second kappa shape index (κ2) is 4.78. The molecule has 1 unspecified atom stereocenters. The minimum atomic E-state index is -0.698. The molecule has 0 amide bonds. The number of aliphatic hydroxyl groups is 1. The molecule has 1 atom stereocenters. The Bertz CT molecular complexity index is 703. The van der Waals surface area contributed by atoms with Gasteiger partial charge in [0.25, 0.3) is 0 Å². The normalized spacial score (nSPS) is 12.5. The third-order valence-corrected chi connectivity index (χ3v) is 3.36. The van der Waals surface area contributed by atoms with Crippen LogP contribution in [-0.2, 0) is 0 Å². The Morgan fingerprint density at radius 3 is 2.63 bits per heavy atom. The highest BCUT2D eigenvalue weighted by atomic mass is 16.5. The van der Waals surface area contributed by atoms with E-state index in [2.05, 4.69) is 4.98 Å². The van der Waals surface area contributed by atoms with Gasteiger partial charge in [-0.15, -0.1) is 0 Å². The molecule has 0 saturated heterocycles. The molecule has 0 fully saturated rings. The van der Waals surface area contributed by atoms with Crippen LogP contribution in [0.3, 0.4) is 0 Å². The SMILES string of the molecule is COc1ccccc1C(O)c1cccc2[nH]ccc12. The molecular formula is C16H15NO2. The van der Waals surface area contributed by atoms with Gasteiger partial charge in [-0.3, -0.25) is 0 Å². The molecule has 1 heterocycles. The van der Waals surface area contributed by atoms with E-state index in [0.29, 0.717) is 5.75 Å². The molecule has 0 aliphatic rings. The van der Waals surface area contributed by atoms with Crippen molar-refractivity contribution < 1.29 is 9.84 Å². The summed E-state index contributed by atoms with van der Waals surface area (Å²) >= 11 is 0. The van der Waals surface area contributed by atoms with E-state index in [1.165, 1.54) is 0 Å². The maximum absolute atomic E-state index is 10.6. The zero-order valence-electron chi connectivity index (χ0n) is 10.6. The molecule has 19 heavy (non-hydrogen) atoms. The number of nitrogens with one attached hydrogen (secondary N) is 1. The van der Waals surface area contributed by atoms with Crippen LogP contribution in [0.2, 0.25) is 0 Å². The third kappa shape index (κ3) is 1.98. The second-order valence-corrected chi connectivity index (χ2v) is 4.43. The number of methoxy groups -OCH3 is 1. The van der Waals surface area contributed by atoms with Crippen molar-refractivity contribution in [2.24, 2.45) is 0 Å². The Kier molecular flexibility index (Phi) is 2.97. The number of hydrogen-bond donors (Lipinski definition) is 2. The van der Waals surface area contributed by atoms with E-state index in [4.69, 9.17) is 4.74 Å². The second-order valence-electron chi connectivity index (χ2n) is 4.43. The van der Waals surface area contributed by atoms with Crippen molar-refractivity contribution in [3.05, 3.63) is 65.9 Å². The molecular weight excluding hydrogens is 238 g/mol. The first-order chi connectivity index (χ1) is 9.31. The third-order valence-electron chi connectivity index (χ3n) is 3.36. The minimum Gasteiger partial charge on any atom is -0.496 e. The van der Waals surface area contributed by atoms with Crippen LogP contribution in [0.4, 0.5) is 0 Å². The zero-order valence-corrected chi connectivity index (χ0v) is 10.6. The van der Waals surface area contributed by atoms with Crippen molar-refractivity contribution in [1.82, 2.24) is 4.98 Å². The van der Waals surface area contributed by atoms with Crippen LogP contribution in [0.25, 0.3) is 10.9 Å². The number of rotatable bonds is 3. The lowest BCUT2D eigenvalue weighted by Crippen LogP contribution is -2.02. The van der Waals surface area contributed by atoms with Gasteiger partial charge < -0.3 is 14.8 Å². The molecule has 2 N–H and O–H groups in total. The first-order valence-electron chi connectivity index (χ1n) is 6.18. The van der Waals surface area contributed by atoms with Crippen molar-refractivity contribution >= 4 is 10.9 Å². The summed E-state index contributed by atoms with van der Waals surface area (Å²) in [7, 11) is 1.61. The predicted molar refractivity (Wildman–Crippen MR) is 75.4 cm³/mol. The van der Waals surface area contributed by atoms with Gasteiger partial charge in [0.2, 0.25) is 0 Å². The summed E-state index contributed by atoms with van der Waals surface area (Å²) in [5, 5.41) is 11.7. The smallest absolute Gasteiger partial charge is 0.125 e. The molecule has 2 aromatic carbocycles. The van der Waals surface area contributed by atoms with Gasteiger partial charge in [-0.2, -0.15) is 0 Å². The van der Waals surface area contributed by atoms with Gasteiger partial charge in [0, 0.05) is 22.7 Å². The van der Waals surface area contributed by atoms with Gasteiger partial charge in [0.15, 0.2) is 0 Å². The van der Waals surface area contributed by atoms with E-state index < -0.39 is 6.10 Å². The number of hydrogen-bond acceptors (Lipinski definition) is 2. The van der Waals surface area contributed by atoms with E-state index in [0.717, 1.165) is 22.0 Å². The zero-order chi connectivity index (χ0) is 13.2. The largest absolute Gasteiger partial charge is 0.496 e. The fourth-order valence-electron chi connectivity index (χ4n) is 2.41. The van der Waals surface area contributed by atoms with E-state index in [1.807, 2.05) is 54.7 Å². The monoisotopic (exact) mass is 253 g/mol. The van der Waals surface area contributed by atoms with Crippen molar-refractivity contribution in [2.75, 3.05) is 7.11 Å². The molecule has 0 aliphatic heterocycles. The van der Waals surface area contributed by atoms with Crippen molar-refractivity contribution in [3.8, 4) is 5.75 Å². The Hall–Kier alpha value is -2.26. The molecule has 96 valence electrons. The van der Waals surface area contributed by atoms with Gasteiger partial charge in [0.05, 0.1) is 7.11 Å². The number of para-hydroxylation sites is 1. The number of fused-ring (bicyclic) bond motifs is 1. The number of aromatic nitrogens is 1. The standard InChI is InChI=1S/C16H15NO2/c1-19-15-8-3-2-5-13(15)16(18)12-6-4-7-14-11(12)9-10-17-14/h2-10,16-18H,1H3.